The molecule has 0 spiro atoms. The molecular formula is C17H18F2O. The van der Waals surface area contributed by atoms with Gasteiger partial charge < -0.3 is 5.11 Å². The first kappa shape index (κ1) is 14.7. The molecule has 0 fully saturated rings. The van der Waals surface area contributed by atoms with E-state index in [1.807, 2.05) is 24.3 Å². The van der Waals surface area contributed by atoms with E-state index in [0.29, 0.717) is 17.0 Å². The largest absolute Gasteiger partial charge is 0.384 e. The van der Waals surface area contributed by atoms with Crippen molar-refractivity contribution in [3.05, 3.63) is 70.8 Å². The predicted octanol–water partition coefficient (Wildman–Crippen LogP) is 4.25. The lowest BCUT2D eigenvalue weighted by molar-refractivity contribution is 0.219. The zero-order chi connectivity index (χ0) is 14.7. The Balaban J connectivity index is 2.20. The molecule has 0 aliphatic rings. The summed E-state index contributed by atoms with van der Waals surface area (Å²) in [5.74, 6) is -1.29. The first-order chi connectivity index (χ1) is 9.47. The Morgan fingerprint density at radius 1 is 0.900 bits per heavy atom. The van der Waals surface area contributed by atoms with E-state index >= 15 is 0 Å². The van der Waals surface area contributed by atoms with Gasteiger partial charge in [-0.15, -0.1) is 0 Å². The summed E-state index contributed by atoms with van der Waals surface area (Å²) in [5, 5.41) is 10.2. The molecule has 2 aromatic carbocycles. The SMILES string of the molecule is CC(C)Cc1ccc(C(O)c2ccc(F)c(F)c2)cc1. The molecule has 0 heterocycles. The molecule has 0 saturated heterocycles. The lowest BCUT2D eigenvalue weighted by atomic mass is 9.97. The molecule has 0 aromatic heterocycles. The molecule has 1 nitrogen and oxygen atoms in total. The van der Waals surface area contributed by atoms with Crippen molar-refractivity contribution in [1.29, 1.82) is 0 Å². The third kappa shape index (κ3) is 3.42. The monoisotopic (exact) mass is 276 g/mol. The Labute approximate surface area is 117 Å². The zero-order valence-electron chi connectivity index (χ0n) is 11.6. The molecule has 1 unspecified atom stereocenters. The molecule has 20 heavy (non-hydrogen) atoms. The molecule has 1 N–H and O–H groups in total. The minimum Gasteiger partial charge on any atom is -0.384 e. The molecule has 1 atom stereocenters. The minimum atomic E-state index is -0.946. The van der Waals surface area contributed by atoms with Crippen molar-refractivity contribution >= 4 is 0 Å². The van der Waals surface area contributed by atoms with E-state index in [0.717, 1.165) is 18.6 Å². The van der Waals surface area contributed by atoms with Crippen molar-refractivity contribution in [2.75, 3.05) is 0 Å². The third-order valence-electron chi connectivity index (χ3n) is 3.20. The van der Waals surface area contributed by atoms with Gasteiger partial charge in [0.15, 0.2) is 11.6 Å². The Kier molecular flexibility index (Phi) is 4.50. The summed E-state index contributed by atoms with van der Waals surface area (Å²) in [6, 6.07) is 11.0. The van der Waals surface area contributed by atoms with E-state index in [1.165, 1.54) is 11.6 Å². The molecule has 0 radical (unpaired) electrons. The van der Waals surface area contributed by atoms with Gasteiger partial charge in [-0.2, -0.15) is 0 Å². The van der Waals surface area contributed by atoms with Crippen molar-refractivity contribution in [2.45, 2.75) is 26.4 Å². The highest BCUT2D eigenvalue weighted by Crippen LogP contribution is 2.24. The first-order valence-corrected chi connectivity index (χ1v) is 6.69. The van der Waals surface area contributed by atoms with E-state index < -0.39 is 17.7 Å². The van der Waals surface area contributed by atoms with Crippen LogP contribution in [0.5, 0.6) is 0 Å². The van der Waals surface area contributed by atoms with Crippen LogP contribution in [0.4, 0.5) is 8.78 Å². The zero-order valence-corrected chi connectivity index (χ0v) is 11.6. The van der Waals surface area contributed by atoms with Crippen LogP contribution >= 0.6 is 0 Å². The Morgan fingerprint density at radius 2 is 1.50 bits per heavy atom. The van der Waals surface area contributed by atoms with Crippen LogP contribution in [0.3, 0.4) is 0 Å². The summed E-state index contributed by atoms with van der Waals surface area (Å²) in [7, 11) is 0. The number of halogens is 2. The maximum absolute atomic E-state index is 13.2. The lowest BCUT2D eigenvalue weighted by Crippen LogP contribution is -2.02. The number of benzene rings is 2. The summed E-state index contributed by atoms with van der Waals surface area (Å²) in [4.78, 5) is 0. The van der Waals surface area contributed by atoms with Crippen molar-refractivity contribution in [3.8, 4) is 0 Å². The van der Waals surface area contributed by atoms with Crippen LogP contribution in [0.2, 0.25) is 0 Å². The second kappa shape index (κ2) is 6.14. The molecule has 0 amide bonds. The lowest BCUT2D eigenvalue weighted by Gasteiger charge is -2.13. The smallest absolute Gasteiger partial charge is 0.159 e. The van der Waals surface area contributed by atoms with Gasteiger partial charge in [0, 0.05) is 0 Å². The van der Waals surface area contributed by atoms with E-state index in [2.05, 4.69) is 13.8 Å². The van der Waals surface area contributed by atoms with Gasteiger partial charge in [0.05, 0.1) is 0 Å². The van der Waals surface area contributed by atoms with Gasteiger partial charge in [-0.25, -0.2) is 8.78 Å². The van der Waals surface area contributed by atoms with Gasteiger partial charge in [-0.05, 0) is 41.2 Å². The van der Waals surface area contributed by atoms with Gasteiger partial charge in [-0.1, -0.05) is 44.2 Å². The second-order valence-electron chi connectivity index (χ2n) is 5.42. The maximum atomic E-state index is 13.2. The average Bonchev–Trinajstić information content (AvgIpc) is 2.41. The number of hydrogen-bond donors (Lipinski definition) is 1. The highest BCUT2D eigenvalue weighted by atomic mass is 19.2. The van der Waals surface area contributed by atoms with Gasteiger partial charge in [-0.3, -0.25) is 0 Å². The highest BCUT2D eigenvalue weighted by molar-refractivity contribution is 5.32. The Hall–Kier alpha value is -1.74. The summed E-state index contributed by atoms with van der Waals surface area (Å²) < 4.78 is 26.1. The van der Waals surface area contributed by atoms with Crippen LogP contribution in [0.15, 0.2) is 42.5 Å². The molecular weight excluding hydrogens is 258 g/mol. The van der Waals surface area contributed by atoms with E-state index in [9.17, 15) is 13.9 Å². The van der Waals surface area contributed by atoms with Gasteiger partial charge in [0.25, 0.3) is 0 Å². The second-order valence-corrected chi connectivity index (χ2v) is 5.42. The fraction of sp³-hybridized carbons (Fsp3) is 0.294. The van der Waals surface area contributed by atoms with Crippen LogP contribution in [0.1, 0.15) is 36.6 Å². The van der Waals surface area contributed by atoms with Crippen LogP contribution < -0.4 is 0 Å². The number of aliphatic hydroxyl groups excluding tert-OH is 1. The van der Waals surface area contributed by atoms with E-state index in [4.69, 9.17) is 0 Å². The van der Waals surface area contributed by atoms with Crippen LogP contribution in [-0.4, -0.2) is 5.11 Å². The van der Waals surface area contributed by atoms with Gasteiger partial charge in [0.1, 0.15) is 6.10 Å². The molecule has 2 rings (SSSR count). The normalized spacial score (nSPS) is 12.7. The highest BCUT2D eigenvalue weighted by Gasteiger charge is 2.13. The van der Waals surface area contributed by atoms with Crippen molar-refractivity contribution < 1.29 is 13.9 Å². The molecule has 0 saturated carbocycles. The number of aliphatic hydroxyl groups is 1. The summed E-state index contributed by atoms with van der Waals surface area (Å²) in [6.45, 7) is 4.29. The van der Waals surface area contributed by atoms with Gasteiger partial charge >= 0.3 is 0 Å². The van der Waals surface area contributed by atoms with Crippen LogP contribution in [-0.2, 0) is 6.42 Å². The van der Waals surface area contributed by atoms with Crippen LogP contribution in [0.25, 0.3) is 0 Å². The topological polar surface area (TPSA) is 20.2 Å². The molecule has 0 aliphatic carbocycles. The number of hydrogen-bond acceptors (Lipinski definition) is 1. The third-order valence-corrected chi connectivity index (χ3v) is 3.20. The molecule has 0 aliphatic heterocycles. The minimum absolute atomic E-state index is 0.348. The average molecular weight is 276 g/mol. The Bertz CT molecular complexity index is 576. The molecule has 106 valence electrons. The molecule has 0 bridgehead atoms. The van der Waals surface area contributed by atoms with Crippen molar-refractivity contribution in [3.63, 3.8) is 0 Å². The predicted molar refractivity (Wildman–Crippen MR) is 75.4 cm³/mol. The maximum Gasteiger partial charge on any atom is 0.159 e. The standard InChI is InChI=1S/C17H18F2O/c1-11(2)9-12-3-5-13(6-4-12)17(20)14-7-8-15(18)16(19)10-14/h3-8,10-11,17,20H,9H2,1-2H3. The van der Waals surface area contributed by atoms with Crippen molar-refractivity contribution in [2.24, 2.45) is 5.92 Å². The number of rotatable bonds is 4. The molecule has 3 heteroatoms. The quantitative estimate of drug-likeness (QED) is 0.885. The summed E-state index contributed by atoms with van der Waals surface area (Å²) in [6.07, 6.45) is 0.0277. The van der Waals surface area contributed by atoms with Crippen LogP contribution in [0, 0.1) is 17.6 Å². The Morgan fingerprint density at radius 3 is 2.05 bits per heavy atom. The van der Waals surface area contributed by atoms with Gasteiger partial charge in [0.2, 0.25) is 0 Å². The fourth-order valence-electron chi connectivity index (χ4n) is 2.18. The van der Waals surface area contributed by atoms with E-state index in [-0.39, 0.29) is 0 Å². The van der Waals surface area contributed by atoms with E-state index in [1.54, 1.807) is 0 Å². The molecule has 2 aromatic rings. The summed E-state index contributed by atoms with van der Waals surface area (Å²) >= 11 is 0. The fourth-order valence-corrected chi connectivity index (χ4v) is 2.18. The van der Waals surface area contributed by atoms with Crippen molar-refractivity contribution in [1.82, 2.24) is 0 Å². The summed E-state index contributed by atoms with van der Waals surface area (Å²) in [5.41, 5.74) is 2.21. The first-order valence-electron chi connectivity index (χ1n) is 6.69.